The van der Waals surface area contributed by atoms with E-state index in [9.17, 15) is 9.90 Å². The predicted octanol–water partition coefficient (Wildman–Crippen LogP) is 5.16. The lowest BCUT2D eigenvalue weighted by molar-refractivity contribution is 0.141. The van der Waals surface area contributed by atoms with Gasteiger partial charge in [0.2, 0.25) is 17.2 Å². The third kappa shape index (κ3) is 6.41. The molecule has 0 aliphatic carbocycles. The number of carbonyl (C=O) groups is 1. The molecular weight excluding hydrogens is 352 g/mol. The number of aromatic hydroxyl groups is 1. The van der Waals surface area contributed by atoms with Crippen LogP contribution in [-0.4, -0.2) is 36.2 Å². The maximum Gasteiger partial charge on any atom is 0.511 e. The van der Waals surface area contributed by atoms with Gasteiger partial charge in [0.05, 0.1) is 19.8 Å². The molecule has 0 fully saturated rings. The Balaban J connectivity index is 3.65. The summed E-state index contributed by atoms with van der Waals surface area (Å²) in [5, 5.41) is 19.9. The fourth-order valence-corrected chi connectivity index (χ4v) is 2.50. The van der Waals surface area contributed by atoms with Gasteiger partial charge in [-0.1, -0.05) is 34.1 Å². The van der Waals surface area contributed by atoms with Gasteiger partial charge in [-0.05, 0) is 32.1 Å². The molecule has 154 valence electrons. The van der Waals surface area contributed by atoms with E-state index >= 15 is 0 Å². The van der Waals surface area contributed by atoms with Crippen LogP contribution in [0.2, 0.25) is 0 Å². The molecule has 7 heteroatoms. The summed E-state index contributed by atoms with van der Waals surface area (Å²) in [5.74, 6) is 0.246. The third-order valence-electron chi connectivity index (χ3n) is 3.71. The van der Waals surface area contributed by atoms with Crippen molar-refractivity contribution in [2.24, 2.45) is 0 Å². The van der Waals surface area contributed by atoms with Crippen molar-refractivity contribution >= 4 is 6.16 Å². The van der Waals surface area contributed by atoms with E-state index in [0.29, 0.717) is 49.7 Å². The van der Waals surface area contributed by atoms with Gasteiger partial charge in [-0.25, -0.2) is 4.79 Å². The van der Waals surface area contributed by atoms with Crippen LogP contribution in [0.4, 0.5) is 4.79 Å². The first kappa shape index (κ1) is 22.7. The molecule has 0 amide bonds. The van der Waals surface area contributed by atoms with E-state index < -0.39 is 6.16 Å². The zero-order chi connectivity index (χ0) is 20.2. The number of phenolic OH excluding ortho intramolecular Hbond substituents is 1. The Hall–Kier alpha value is -2.31. The summed E-state index contributed by atoms with van der Waals surface area (Å²) in [5.41, 5.74) is 0.486. The monoisotopic (exact) mass is 384 g/mol. The number of unbranched alkanes of at least 4 members (excludes halogenated alkanes) is 1. The lowest BCUT2D eigenvalue weighted by Gasteiger charge is -2.23. The molecule has 0 bridgehead atoms. The van der Waals surface area contributed by atoms with Crippen LogP contribution in [0.5, 0.6) is 28.7 Å². The molecule has 0 saturated carbocycles. The van der Waals surface area contributed by atoms with Gasteiger partial charge < -0.3 is 29.2 Å². The topological polar surface area (TPSA) is 94.5 Å². The van der Waals surface area contributed by atoms with Gasteiger partial charge in [-0.3, -0.25) is 0 Å². The van der Waals surface area contributed by atoms with Crippen LogP contribution in [0.25, 0.3) is 0 Å². The van der Waals surface area contributed by atoms with E-state index in [4.69, 9.17) is 24.1 Å². The molecule has 0 heterocycles. The molecule has 0 aliphatic rings. The molecular formula is C20H32O7. The molecule has 1 rings (SSSR count). The van der Waals surface area contributed by atoms with Crippen molar-refractivity contribution < 1.29 is 34.0 Å². The predicted molar refractivity (Wildman–Crippen MR) is 103 cm³/mol. The molecule has 0 spiro atoms. The molecule has 27 heavy (non-hydrogen) atoms. The van der Waals surface area contributed by atoms with E-state index in [1.54, 1.807) is 0 Å². The van der Waals surface area contributed by atoms with E-state index in [1.165, 1.54) is 0 Å². The highest BCUT2D eigenvalue weighted by molar-refractivity contribution is 5.73. The Kier molecular flexibility index (Phi) is 10.2. The lowest BCUT2D eigenvalue weighted by Crippen LogP contribution is -2.12. The number of hydrogen-bond acceptors (Lipinski definition) is 6. The minimum atomic E-state index is -1.51. The van der Waals surface area contributed by atoms with Crippen LogP contribution < -0.4 is 18.9 Å². The van der Waals surface area contributed by atoms with Crippen LogP contribution in [-0.2, 0) is 6.42 Å². The summed E-state index contributed by atoms with van der Waals surface area (Å²) in [6, 6.07) is 0. The molecule has 0 unspecified atom stereocenters. The second kappa shape index (κ2) is 12.1. The average molecular weight is 384 g/mol. The first-order valence-corrected chi connectivity index (χ1v) is 9.72. The van der Waals surface area contributed by atoms with Crippen LogP contribution in [0.15, 0.2) is 0 Å². The van der Waals surface area contributed by atoms with Gasteiger partial charge in [0.15, 0.2) is 11.5 Å². The van der Waals surface area contributed by atoms with Crippen LogP contribution in [0, 0.1) is 0 Å². The Morgan fingerprint density at radius 2 is 1.30 bits per heavy atom. The van der Waals surface area contributed by atoms with Crippen LogP contribution in [0.3, 0.4) is 0 Å². The fourth-order valence-electron chi connectivity index (χ4n) is 2.50. The normalized spacial score (nSPS) is 10.5. The molecule has 0 aliphatic heterocycles. The van der Waals surface area contributed by atoms with Crippen molar-refractivity contribution in [1.29, 1.82) is 0 Å². The van der Waals surface area contributed by atoms with Crippen LogP contribution >= 0.6 is 0 Å². The number of benzene rings is 1. The van der Waals surface area contributed by atoms with Crippen molar-refractivity contribution in [2.75, 3.05) is 19.8 Å². The van der Waals surface area contributed by atoms with Crippen molar-refractivity contribution in [1.82, 2.24) is 0 Å². The third-order valence-corrected chi connectivity index (χ3v) is 3.71. The van der Waals surface area contributed by atoms with Gasteiger partial charge >= 0.3 is 6.16 Å². The van der Waals surface area contributed by atoms with E-state index in [2.05, 4.69) is 0 Å². The highest BCUT2D eigenvalue weighted by Crippen LogP contribution is 2.54. The van der Waals surface area contributed by atoms with Crippen LogP contribution in [0.1, 0.15) is 65.4 Å². The SMILES string of the molecule is CCCCc1c(OC(=O)O)c(O)c(OCCC)c(OCCC)c1OCCC. The quantitative estimate of drug-likeness (QED) is 0.358. The summed E-state index contributed by atoms with van der Waals surface area (Å²) in [4.78, 5) is 11.2. The van der Waals surface area contributed by atoms with E-state index in [0.717, 1.165) is 25.7 Å². The van der Waals surface area contributed by atoms with E-state index in [1.807, 2.05) is 27.7 Å². The number of rotatable bonds is 13. The van der Waals surface area contributed by atoms with Gasteiger partial charge in [0.1, 0.15) is 0 Å². The van der Waals surface area contributed by atoms with Gasteiger partial charge in [-0.2, -0.15) is 0 Å². The lowest BCUT2D eigenvalue weighted by atomic mass is 10.0. The Bertz CT molecular complexity index is 599. The molecule has 0 aromatic heterocycles. The number of carboxylic acid groups (broad SMARTS) is 1. The van der Waals surface area contributed by atoms with Crippen molar-refractivity contribution in [3.63, 3.8) is 0 Å². The summed E-state index contributed by atoms with van der Waals surface area (Å²) >= 11 is 0. The Morgan fingerprint density at radius 1 is 0.778 bits per heavy atom. The number of phenols is 1. The summed E-state index contributed by atoms with van der Waals surface area (Å²) in [6.45, 7) is 9.08. The minimum absolute atomic E-state index is 0.0629. The maximum absolute atomic E-state index is 11.2. The standard InChI is InChI=1S/C20H32O7/c1-5-9-10-14-16(27-20(22)23)15(21)18(25-12-7-3)19(26-13-8-4)17(14)24-11-6-2/h21H,5-13H2,1-4H3,(H,22,23). The van der Waals surface area contributed by atoms with E-state index in [-0.39, 0.29) is 17.2 Å². The number of ether oxygens (including phenoxy) is 4. The average Bonchev–Trinajstić information content (AvgIpc) is 2.64. The maximum atomic E-state index is 11.2. The molecule has 7 nitrogen and oxygen atoms in total. The van der Waals surface area contributed by atoms with Gasteiger partial charge in [0, 0.05) is 5.56 Å². The summed E-state index contributed by atoms with van der Waals surface area (Å²) in [7, 11) is 0. The molecule has 0 radical (unpaired) electrons. The summed E-state index contributed by atoms with van der Waals surface area (Å²) < 4.78 is 22.4. The Labute approximate surface area is 161 Å². The molecule has 0 atom stereocenters. The number of hydrogen-bond donors (Lipinski definition) is 2. The molecule has 1 aromatic carbocycles. The molecule has 2 N–H and O–H groups in total. The minimum Gasteiger partial charge on any atom is -0.502 e. The largest absolute Gasteiger partial charge is 0.511 e. The molecule has 0 saturated heterocycles. The zero-order valence-corrected chi connectivity index (χ0v) is 16.8. The van der Waals surface area contributed by atoms with Crippen molar-refractivity contribution in [3.8, 4) is 28.7 Å². The zero-order valence-electron chi connectivity index (χ0n) is 16.8. The fraction of sp³-hybridized carbons (Fsp3) is 0.650. The Morgan fingerprint density at radius 3 is 1.78 bits per heavy atom. The first-order chi connectivity index (χ1) is 13.0. The van der Waals surface area contributed by atoms with Gasteiger partial charge in [0.25, 0.3) is 0 Å². The highest BCUT2D eigenvalue weighted by Gasteiger charge is 2.30. The second-order valence-corrected chi connectivity index (χ2v) is 6.16. The smallest absolute Gasteiger partial charge is 0.502 e. The van der Waals surface area contributed by atoms with Crippen molar-refractivity contribution in [3.05, 3.63) is 5.56 Å². The summed E-state index contributed by atoms with van der Waals surface area (Å²) in [6.07, 6.45) is 2.89. The van der Waals surface area contributed by atoms with Gasteiger partial charge in [-0.15, -0.1) is 0 Å². The second-order valence-electron chi connectivity index (χ2n) is 6.16. The molecule has 1 aromatic rings. The highest BCUT2D eigenvalue weighted by atomic mass is 16.7. The first-order valence-electron chi connectivity index (χ1n) is 9.72. The van der Waals surface area contributed by atoms with Crippen molar-refractivity contribution in [2.45, 2.75) is 66.2 Å².